The Kier molecular flexibility index (Phi) is 4.77. The Morgan fingerprint density at radius 2 is 1.94 bits per heavy atom. The van der Waals surface area contributed by atoms with Crippen LogP contribution in [0.1, 0.15) is 39.5 Å². The average molecular weight is 227 g/mol. The van der Waals surface area contributed by atoms with Gasteiger partial charge in [0.1, 0.15) is 0 Å². The van der Waals surface area contributed by atoms with Crippen LogP contribution in [0.3, 0.4) is 0 Å². The standard InChI is InChI=1S/C12H21NO3/c1-8(2)11(14)13-7-9-5-3-4-6-10(9)12(15)16/h8-10H,3-7H2,1-2H3,(H,13,14)(H,15,16)/t9-,10-/m0/s1. The molecule has 16 heavy (non-hydrogen) atoms. The number of amides is 1. The van der Waals surface area contributed by atoms with E-state index in [0.717, 1.165) is 25.7 Å². The second-order valence-corrected chi connectivity index (χ2v) is 4.89. The summed E-state index contributed by atoms with van der Waals surface area (Å²) >= 11 is 0. The first-order valence-corrected chi connectivity index (χ1v) is 6.03. The maximum absolute atomic E-state index is 11.4. The Morgan fingerprint density at radius 1 is 1.31 bits per heavy atom. The van der Waals surface area contributed by atoms with Crippen molar-refractivity contribution in [2.75, 3.05) is 6.54 Å². The van der Waals surface area contributed by atoms with Gasteiger partial charge in [0.2, 0.25) is 5.91 Å². The maximum Gasteiger partial charge on any atom is 0.306 e. The minimum absolute atomic E-state index is 0.00899. The van der Waals surface area contributed by atoms with Crippen LogP contribution in [0, 0.1) is 17.8 Å². The molecule has 0 unspecified atom stereocenters. The van der Waals surface area contributed by atoms with E-state index in [-0.39, 0.29) is 23.7 Å². The number of carboxylic acid groups (broad SMARTS) is 1. The van der Waals surface area contributed by atoms with Crippen molar-refractivity contribution in [2.24, 2.45) is 17.8 Å². The Bertz CT molecular complexity index is 263. The maximum atomic E-state index is 11.4. The van der Waals surface area contributed by atoms with Gasteiger partial charge in [0, 0.05) is 12.5 Å². The highest BCUT2D eigenvalue weighted by atomic mass is 16.4. The first-order valence-electron chi connectivity index (χ1n) is 6.03. The van der Waals surface area contributed by atoms with E-state index in [0.29, 0.717) is 6.54 Å². The highest BCUT2D eigenvalue weighted by molar-refractivity contribution is 5.78. The molecule has 0 bridgehead atoms. The molecule has 0 radical (unpaired) electrons. The second kappa shape index (κ2) is 5.87. The van der Waals surface area contributed by atoms with E-state index >= 15 is 0 Å². The fourth-order valence-electron chi connectivity index (χ4n) is 2.21. The minimum atomic E-state index is -0.719. The van der Waals surface area contributed by atoms with Crippen LogP contribution in [-0.2, 0) is 9.59 Å². The quantitative estimate of drug-likeness (QED) is 0.767. The van der Waals surface area contributed by atoms with E-state index < -0.39 is 5.97 Å². The van der Waals surface area contributed by atoms with Crippen molar-refractivity contribution in [1.82, 2.24) is 5.32 Å². The molecule has 1 amide bonds. The van der Waals surface area contributed by atoms with Gasteiger partial charge < -0.3 is 10.4 Å². The van der Waals surface area contributed by atoms with Gasteiger partial charge in [-0.1, -0.05) is 26.7 Å². The van der Waals surface area contributed by atoms with Gasteiger partial charge >= 0.3 is 5.97 Å². The Balaban J connectivity index is 2.44. The summed E-state index contributed by atoms with van der Waals surface area (Å²) in [6.07, 6.45) is 3.73. The van der Waals surface area contributed by atoms with Crippen LogP contribution in [0.4, 0.5) is 0 Å². The van der Waals surface area contributed by atoms with Crippen LogP contribution in [0.15, 0.2) is 0 Å². The SMILES string of the molecule is CC(C)C(=O)NC[C@@H]1CCCC[C@@H]1C(=O)O. The molecule has 4 heteroatoms. The largest absolute Gasteiger partial charge is 0.481 e. The predicted octanol–water partition coefficient (Wildman–Crippen LogP) is 1.65. The summed E-state index contributed by atoms with van der Waals surface area (Å²) in [7, 11) is 0. The first-order chi connectivity index (χ1) is 7.52. The highest BCUT2D eigenvalue weighted by Crippen LogP contribution is 2.29. The number of aliphatic carboxylic acids is 1. The monoisotopic (exact) mass is 227 g/mol. The summed E-state index contributed by atoms with van der Waals surface area (Å²) < 4.78 is 0. The molecule has 0 aromatic heterocycles. The van der Waals surface area contributed by atoms with Gasteiger partial charge in [0.15, 0.2) is 0 Å². The van der Waals surface area contributed by atoms with Crippen molar-refractivity contribution in [3.8, 4) is 0 Å². The van der Waals surface area contributed by atoms with Crippen LogP contribution >= 0.6 is 0 Å². The molecule has 1 saturated carbocycles. The van der Waals surface area contributed by atoms with Gasteiger partial charge in [-0.3, -0.25) is 9.59 Å². The predicted molar refractivity (Wildman–Crippen MR) is 60.9 cm³/mol. The molecule has 1 fully saturated rings. The van der Waals surface area contributed by atoms with Crippen molar-refractivity contribution in [1.29, 1.82) is 0 Å². The molecule has 2 atom stereocenters. The Hall–Kier alpha value is -1.06. The normalized spacial score (nSPS) is 25.4. The van der Waals surface area contributed by atoms with Crippen LogP contribution in [-0.4, -0.2) is 23.5 Å². The van der Waals surface area contributed by atoms with E-state index in [1.165, 1.54) is 0 Å². The molecular formula is C12H21NO3. The lowest BCUT2D eigenvalue weighted by Gasteiger charge is -2.28. The zero-order valence-corrected chi connectivity index (χ0v) is 10.0. The molecule has 92 valence electrons. The smallest absolute Gasteiger partial charge is 0.306 e. The zero-order chi connectivity index (χ0) is 12.1. The summed E-state index contributed by atoms with van der Waals surface area (Å²) in [6.45, 7) is 4.18. The average Bonchev–Trinajstić information content (AvgIpc) is 2.25. The van der Waals surface area contributed by atoms with Crippen molar-refractivity contribution in [3.63, 3.8) is 0 Å². The summed E-state index contributed by atoms with van der Waals surface area (Å²) in [5, 5.41) is 11.9. The molecule has 1 rings (SSSR count). The third kappa shape index (κ3) is 3.51. The van der Waals surface area contributed by atoms with E-state index in [1.54, 1.807) is 0 Å². The lowest BCUT2D eigenvalue weighted by atomic mass is 9.79. The lowest BCUT2D eigenvalue weighted by Crippen LogP contribution is -2.38. The number of rotatable bonds is 4. The van der Waals surface area contributed by atoms with Gasteiger partial charge in [-0.05, 0) is 18.8 Å². The van der Waals surface area contributed by atoms with E-state index in [4.69, 9.17) is 5.11 Å². The van der Waals surface area contributed by atoms with Gasteiger partial charge in [0.05, 0.1) is 5.92 Å². The summed E-state index contributed by atoms with van der Waals surface area (Å²) in [4.78, 5) is 22.4. The molecule has 0 spiro atoms. The van der Waals surface area contributed by atoms with Gasteiger partial charge in [-0.2, -0.15) is 0 Å². The second-order valence-electron chi connectivity index (χ2n) is 4.89. The number of hydrogen-bond donors (Lipinski definition) is 2. The Labute approximate surface area is 96.4 Å². The van der Waals surface area contributed by atoms with Crippen LogP contribution < -0.4 is 5.32 Å². The molecule has 2 N–H and O–H groups in total. The van der Waals surface area contributed by atoms with Crippen LogP contribution in [0.25, 0.3) is 0 Å². The number of carbonyl (C=O) groups excluding carboxylic acids is 1. The molecule has 1 aliphatic carbocycles. The fraction of sp³-hybridized carbons (Fsp3) is 0.833. The number of carboxylic acids is 1. The van der Waals surface area contributed by atoms with Crippen molar-refractivity contribution >= 4 is 11.9 Å². The van der Waals surface area contributed by atoms with Gasteiger partial charge in [-0.15, -0.1) is 0 Å². The van der Waals surface area contributed by atoms with E-state index in [1.807, 2.05) is 13.8 Å². The number of carbonyl (C=O) groups is 2. The van der Waals surface area contributed by atoms with Gasteiger partial charge in [-0.25, -0.2) is 0 Å². The van der Waals surface area contributed by atoms with Gasteiger partial charge in [0.25, 0.3) is 0 Å². The number of nitrogens with one attached hydrogen (secondary N) is 1. The summed E-state index contributed by atoms with van der Waals surface area (Å²) in [5.41, 5.74) is 0. The highest BCUT2D eigenvalue weighted by Gasteiger charge is 2.30. The molecule has 0 aromatic carbocycles. The third-order valence-corrected chi connectivity index (χ3v) is 3.29. The van der Waals surface area contributed by atoms with Crippen molar-refractivity contribution < 1.29 is 14.7 Å². The third-order valence-electron chi connectivity index (χ3n) is 3.29. The molecular weight excluding hydrogens is 206 g/mol. The van der Waals surface area contributed by atoms with Crippen molar-refractivity contribution in [3.05, 3.63) is 0 Å². The number of hydrogen-bond acceptors (Lipinski definition) is 2. The van der Waals surface area contributed by atoms with Crippen LogP contribution in [0.2, 0.25) is 0 Å². The molecule has 4 nitrogen and oxygen atoms in total. The lowest BCUT2D eigenvalue weighted by molar-refractivity contribution is -0.145. The first kappa shape index (κ1) is 13.0. The molecule has 0 aromatic rings. The molecule has 0 aliphatic heterocycles. The molecule has 0 saturated heterocycles. The fourth-order valence-corrected chi connectivity index (χ4v) is 2.21. The van der Waals surface area contributed by atoms with Crippen molar-refractivity contribution in [2.45, 2.75) is 39.5 Å². The van der Waals surface area contributed by atoms with E-state index in [9.17, 15) is 9.59 Å². The Morgan fingerprint density at radius 3 is 2.50 bits per heavy atom. The van der Waals surface area contributed by atoms with E-state index in [2.05, 4.69) is 5.32 Å². The molecule has 1 aliphatic rings. The topological polar surface area (TPSA) is 66.4 Å². The van der Waals surface area contributed by atoms with Crippen LogP contribution in [0.5, 0.6) is 0 Å². The summed E-state index contributed by atoms with van der Waals surface area (Å²) in [6, 6.07) is 0. The minimum Gasteiger partial charge on any atom is -0.481 e. The molecule has 0 heterocycles. The summed E-state index contributed by atoms with van der Waals surface area (Å²) in [5.74, 6) is -0.916. The zero-order valence-electron chi connectivity index (χ0n) is 10.0.